The molecule has 0 aromatic heterocycles. The van der Waals surface area contributed by atoms with Crippen molar-refractivity contribution in [2.24, 2.45) is 11.7 Å². The summed E-state index contributed by atoms with van der Waals surface area (Å²) in [6, 6.07) is 6.54. The standard InChI is InChI=1S/C19H33NO2/c1-6-15(10-14(12-20)13-21)16-8-9-18(22-7-2)17(11-16)19(3,4)5/h8-9,11,14-15,21H,6-7,10,12-13,20H2,1-5H3. The molecule has 0 aliphatic carbocycles. The third kappa shape index (κ3) is 4.99. The minimum atomic E-state index is 0.0447. The first kappa shape index (κ1) is 19.0. The van der Waals surface area contributed by atoms with Crippen molar-refractivity contribution in [1.29, 1.82) is 0 Å². The van der Waals surface area contributed by atoms with Gasteiger partial charge in [-0.1, -0.05) is 39.8 Å². The molecule has 0 aliphatic heterocycles. The van der Waals surface area contributed by atoms with E-state index in [9.17, 15) is 5.11 Å². The summed E-state index contributed by atoms with van der Waals surface area (Å²) >= 11 is 0. The molecule has 0 spiro atoms. The lowest BCUT2D eigenvalue weighted by molar-refractivity contribution is 0.214. The first-order valence-electron chi connectivity index (χ1n) is 8.45. The van der Waals surface area contributed by atoms with Gasteiger partial charge >= 0.3 is 0 Å². The van der Waals surface area contributed by atoms with Gasteiger partial charge in [0, 0.05) is 6.61 Å². The van der Waals surface area contributed by atoms with Gasteiger partial charge in [0.15, 0.2) is 0 Å². The van der Waals surface area contributed by atoms with Crippen molar-refractivity contribution < 1.29 is 9.84 Å². The van der Waals surface area contributed by atoms with Crippen LogP contribution in [0.4, 0.5) is 0 Å². The number of aliphatic hydroxyl groups is 1. The van der Waals surface area contributed by atoms with Gasteiger partial charge in [0.1, 0.15) is 5.75 Å². The van der Waals surface area contributed by atoms with Gasteiger partial charge in [-0.3, -0.25) is 0 Å². The van der Waals surface area contributed by atoms with Crippen LogP contribution in [-0.4, -0.2) is 24.9 Å². The summed E-state index contributed by atoms with van der Waals surface area (Å²) < 4.78 is 5.80. The van der Waals surface area contributed by atoms with Crippen molar-refractivity contribution in [3.05, 3.63) is 29.3 Å². The maximum Gasteiger partial charge on any atom is 0.123 e. The Hall–Kier alpha value is -1.06. The monoisotopic (exact) mass is 307 g/mol. The minimum absolute atomic E-state index is 0.0447. The fourth-order valence-corrected chi connectivity index (χ4v) is 2.86. The van der Waals surface area contributed by atoms with Crippen LogP contribution in [0.5, 0.6) is 5.75 Å². The molecule has 0 saturated carbocycles. The molecule has 0 saturated heterocycles. The van der Waals surface area contributed by atoms with E-state index in [-0.39, 0.29) is 17.9 Å². The highest BCUT2D eigenvalue weighted by Crippen LogP contribution is 2.36. The highest BCUT2D eigenvalue weighted by molar-refractivity contribution is 5.42. The van der Waals surface area contributed by atoms with Crippen molar-refractivity contribution in [2.45, 2.75) is 58.8 Å². The van der Waals surface area contributed by atoms with Gasteiger partial charge in [-0.25, -0.2) is 0 Å². The molecule has 3 N–H and O–H groups in total. The van der Waals surface area contributed by atoms with E-state index in [0.29, 0.717) is 19.1 Å². The summed E-state index contributed by atoms with van der Waals surface area (Å²) in [7, 11) is 0. The molecule has 1 rings (SSSR count). The molecule has 0 amide bonds. The average molecular weight is 307 g/mol. The van der Waals surface area contributed by atoms with Crippen LogP contribution < -0.4 is 10.5 Å². The molecule has 0 heterocycles. The zero-order valence-corrected chi connectivity index (χ0v) is 14.9. The third-order valence-electron chi connectivity index (χ3n) is 4.29. The predicted molar refractivity (Wildman–Crippen MR) is 93.6 cm³/mol. The Kier molecular flexibility index (Phi) is 7.37. The normalized spacial score (nSPS) is 14.7. The topological polar surface area (TPSA) is 55.5 Å². The fourth-order valence-electron chi connectivity index (χ4n) is 2.86. The average Bonchev–Trinajstić information content (AvgIpc) is 2.48. The zero-order valence-electron chi connectivity index (χ0n) is 14.9. The predicted octanol–water partition coefficient (Wildman–Crippen LogP) is 3.83. The molecule has 22 heavy (non-hydrogen) atoms. The first-order valence-corrected chi connectivity index (χ1v) is 8.45. The molecule has 0 bridgehead atoms. The first-order chi connectivity index (χ1) is 10.4. The number of benzene rings is 1. The lowest BCUT2D eigenvalue weighted by Gasteiger charge is -2.26. The van der Waals surface area contributed by atoms with Gasteiger partial charge in [0.2, 0.25) is 0 Å². The van der Waals surface area contributed by atoms with E-state index in [1.165, 1.54) is 11.1 Å². The highest BCUT2D eigenvalue weighted by Gasteiger charge is 2.22. The van der Waals surface area contributed by atoms with Crippen LogP contribution in [-0.2, 0) is 5.41 Å². The van der Waals surface area contributed by atoms with Crippen LogP contribution in [0.2, 0.25) is 0 Å². The van der Waals surface area contributed by atoms with E-state index >= 15 is 0 Å². The zero-order chi connectivity index (χ0) is 16.8. The van der Waals surface area contributed by atoms with Crippen molar-refractivity contribution >= 4 is 0 Å². The highest BCUT2D eigenvalue weighted by atomic mass is 16.5. The number of aliphatic hydroxyl groups excluding tert-OH is 1. The van der Waals surface area contributed by atoms with Gasteiger partial charge in [-0.15, -0.1) is 0 Å². The summed E-state index contributed by atoms with van der Waals surface area (Å²) in [6.07, 6.45) is 1.98. The number of nitrogens with two attached hydrogens (primary N) is 1. The van der Waals surface area contributed by atoms with Crippen LogP contribution in [0.25, 0.3) is 0 Å². The largest absolute Gasteiger partial charge is 0.494 e. The second-order valence-electron chi connectivity index (χ2n) is 7.06. The molecule has 0 aliphatic rings. The SMILES string of the molecule is CCOc1ccc(C(CC)CC(CN)CO)cc1C(C)(C)C. The summed E-state index contributed by atoms with van der Waals surface area (Å²) in [6.45, 7) is 12.2. The quantitative estimate of drug-likeness (QED) is 0.767. The lowest BCUT2D eigenvalue weighted by atomic mass is 9.81. The number of ether oxygens (including phenoxy) is 1. The molecular formula is C19H33NO2. The Balaban J connectivity index is 3.12. The van der Waals surface area contributed by atoms with Crippen molar-refractivity contribution in [1.82, 2.24) is 0 Å². The maximum atomic E-state index is 9.42. The van der Waals surface area contributed by atoms with Crippen molar-refractivity contribution in [2.75, 3.05) is 19.8 Å². The van der Waals surface area contributed by atoms with Gasteiger partial charge in [0.05, 0.1) is 6.61 Å². The van der Waals surface area contributed by atoms with Crippen LogP contribution >= 0.6 is 0 Å². The molecule has 0 radical (unpaired) electrons. The minimum Gasteiger partial charge on any atom is -0.494 e. The van der Waals surface area contributed by atoms with E-state index in [4.69, 9.17) is 10.5 Å². The number of hydrogen-bond acceptors (Lipinski definition) is 3. The summed E-state index contributed by atoms with van der Waals surface area (Å²) in [5, 5.41) is 9.42. The van der Waals surface area contributed by atoms with Gasteiger partial charge in [-0.2, -0.15) is 0 Å². The van der Waals surface area contributed by atoms with E-state index < -0.39 is 0 Å². The van der Waals surface area contributed by atoms with Crippen LogP contribution in [0.15, 0.2) is 18.2 Å². The van der Waals surface area contributed by atoms with Crippen LogP contribution in [0.3, 0.4) is 0 Å². The van der Waals surface area contributed by atoms with Crippen molar-refractivity contribution in [3.63, 3.8) is 0 Å². The number of hydrogen-bond donors (Lipinski definition) is 2. The van der Waals surface area contributed by atoms with E-state index in [0.717, 1.165) is 18.6 Å². The molecule has 3 nitrogen and oxygen atoms in total. The van der Waals surface area contributed by atoms with Crippen LogP contribution in [0.1, 0.15) is 64.5 Å². The molecule has 2 unspecified atom stereocenters. The molecular weight excluding hydrogens is 274 g/mol. The molecule has 126 valence electrons. The van der Waals surface area contributed by atoms with Gasteiger partial charge in [-0.05, 0) is 60.8 Å². The Morgan fingerprint density at radius 3 is 2.36 bits per heavy atom. The van der Waals surface area contributed by atoms with E-state index in [2.05, 4.69) is 45.9 Å². The molecule has 3 heteroatoms. The van der Waals surface area contributed by atoms with Crippen LogP contribution in [0, 0.1) is 5.92 Å². The second kappa shape index (κ2) is 8.54. The molecule has 1 aromatic carbocycles. The number of rotatable bonds is 8. The molecule has 1 aromatic rings. The van der Waals surface area contributed by atoms with Gasteiger partial charge in [0.25, 0.3) is 0 Å². The molecule has 0 fully saturated rings. The Morgan fingerprint density at radius 1 is 1.23 bits per heavy atom. The van der Waals surface area contributed by atoms with E-state index in [1.807, 2.05) is 6.92 Å². The second-order valence-corrected chi connectivity index (χ2v) is 7.06. The Labute approximate surface area is 135 Å². The Bertz CT molecular complexity index is 447. The van der Waals surface area contributed by atoms with E-state index in [1.54, 1.807) is 0 Å². The maximum absolute atomic E-state index is 9.42. The third-order valence-corrected chi connectivity index (χ3v) is 4.29. The lowest BCUT2D eigenvalue weighted by Crippen LogP contribution is -2.21. The fraction of sp³-hybridized carbons (Fsp3) is 0.684. The summed E-state index contributed by atoms with van der Waals surface area (Å²) in [5.41, 5.74) is 8.36. The summed E-state index contributed by atoms with van der Waals surface area (Å²) in [5.74, 6) is 1.58. The summed E-state index contributed by atoms with van der Waals surface area (Å²) in [4.78, 5) is 0. The molecule has 2 atom stereocenters. The Morgan fingerprint density at radius 2 is 1.91 bits per heavy atom. The van der Waals surface area contributed by atoms with Crippen molar-refractivity contribution in [3.8, 4) is 5.75 Å². The smallest absolute Gasteiger partial charge is 0.123 e. The van der Waals surface area contributed by atoms with Gasteiger partial charge < -0.3 is 15.6 Å².